The average molecular weight is 278 g/mol. The zero-order valence-electron chi connectivity index (χ0n) is 7.69. The van der Waals surface area contributed by atoms with E-state index < -0.39 is 0 Å². The van der Waals surface area contributed by atoms with Gasteiger partial charge in [0.05, 0.1) is 34.1 Å². The van der Waals surface area contributed by atoms with Crippen molar-refractivity contribution in [2.24, 2.45) is 0 Å². The van der Waals surface area contributed by atoms with Crippen LogP contribution in [0.3, 0.4) is 0 Å². The molecule has 90 valence electrons. The second kappa shape index (κ2) is 6.39. The molecule has 0 aliphatic rings. The van der Waals surface area contributed by atoms with Gasteiger partial charge in [-0.15, -0.1) is 37.2 Å². The lowest BCUT2D eigenvalue weighted by molar-refractivity contribution is 1.61. The Kier molecular flexibility index (Phi) is 8.29. The van der Waals surface area contributed by atoms with Crippen molar-refractivity contribution >= 4 is 71.3 Å². The molecular weight excluding hydrogens is 262 g/mol. The van der Waals surface area contributed by atoms with Crippen LogP contribution in [0.15, 0.2) is 0 Å². The maximum absolute atomic E-state index is 5.49. The van der Waals surface area contributed by atoms with Crippen molar-refractivity contribution in [3.8, 4) is 0 Å². The van der Waals surface area contributed by atoms with Crippen molar-refractivity contribution in [3.63, 3.8) is 0 Å². The van der Waals surface area contributed by atoms with Gasteiger partial charge in [-0.1, -0.05) is 0 Å². The molecule has 0 aliphatic carbocycles. The van der Waals surface area contributed by atoms with E-state index in [1.165, 1.54) is 0 Å². The lowest BCUT2D eigenvalue weighted by Gasteiger charge is -2.13. The minimum absolute atomic E-state index is 0. The molecule has 0 spiro atoms. The smallest absolute Gasteiger partial charge is 0.0825 e. The molecule has 0 radical (unpaired) electrons. The number of hydrogen-bond donors (Lipinski definition) is 6. The number of hydrogen-bond acceptors (Lipinski definition) is 6. The zero-order chi connectivity index (χ0) is 9.46. The second-order valence-corrected chi connectivity index (χ2v) is 2.48. The largest absolute Gasteiger partial charge is 0.395 e. The van der Waals surface area contributed by atoms with Gasteiger partial charge >= 0.3 is 0 Å². The van der Waals surface area contributed by atoms with Gasteiger partial charge in [0.2, 0.25) is 0 Å². The van der Waals surface area contributed by atoms with Crippen molar-refractivity contribution in [2.45, 2.75) is 0 Å². The number of halogens is 3. The van der Waals surface area contributed by atoms with Gasteiger partial charge in [0.15, 0.2) is 0 Å². The molecule has 6 nitrogen and oxygen atoms in total. The standard InChI is InChI=1S/C6H12N6.3ClH/c7-1-2(8)4(10)6(12)5(11)3(1)9;;;/h7-12H2;3*1H. The van der Waals surface area contributed by atoms with Crippen LogP contribution < -0.4 is 34.4 Å². The van der Waals surface area contributed by atoms with E-state index in [1.54, 1.807) is 0 Å². The molecule has 0 amide bonds. The number of nitrogens with two attached hydrogens (primary N) is 6. The summed E-state index contributed by atoms with van der Waals surface area (Å²) >= 11 is 0. The minimum atomic E-state index is 0. The normalized spacial score (nSPS) is 8.00. The van der Waals surface area contributed by atoms with E-state index in [9.17, 15) is 0 Å². The molecule has 0 saturated heterocycles. The summed E-state index contributed by atoms with van der Waals surface area (Å²) < 4.78 is 0. The lowest BCUT2D eigenvalue weighted by Crippen LogP contribution is -2.10. The molecular formula is C6H15Cl3N6. The Balaban J connectivity index is -0.000000480. The molecule has 0 atom stereocenters. The fraction of sp³-hybridized carbons (Fsp3) is 0. The van der Waals surface area contributed by atoms with E-state index in [2.05, 4.69) is 0 Å². The van der Waals surface area contributed by atoms with Crippen molar-refractivity contribution in [3.05, 3.63) is 0 Å². The molecule has 0 unspecified atom stereocenters. The first-order valence-electron chi connectivity index (χ1n) is 3.23. The van der Waals surface area contributed by atoms with E-state index in [-0.39, 0.29) is 71.3 Å². The van der Waals surface area contributed by atoms with Crippen LogP contribution in [-0.2, 0) is 0 Å². The molecule has 1 aromatic rings. The molecule has 0 heterocycles. The Bertz CT molecular complexity index is 237. The van der Waals surface area contributed by atoms with E-state index in [0.717, 1.165) is 0 Å². The highest BCUT2D eigenvalue weighted by Gasteiger charge is 2.12. The van der Waals surface area contributed by atoms with E-state index in [4.69, 9.17) is 34.4 Å². The van der Waals surface area contributed by atoms with Crippen LogP contribution in [0.1, 0.15) is 0 Å². The predicted molar refractivity (Wildman–Crippen MR) is 74.7 cm³/mol. The molecule has 1 rings (SSSR count). The first-order chi connectivity index (χ1) is 5.46. The molecule has 15 heavy (non-hydrogen) atoms. The summed E-state index contributed by atoms with van der Waals surface area (Å²) in [6.07, 6.45) is 0. The van der Waals surface area contributed by atoms with Crippen LogP contribution in [-0.4, -0.2) is 0 Å². The second-order valence-electron chi connectivity index (χ2n) is 2.48. The van der Waals surface area contributed by atoms with Gasteiger partial charge < -0.3 is 34.4 Å². The Morgan fingerprint density at radius 3 is 0.467 bits per heavy atom. The van der Waals surface area contributed by atoms with Crippen molar-refractivity contribution in [1.82, 2.24) is 0 Å². The number of benzene rings is 1. The summed E-state index contributed by atoms with van der Waals surface area (Å²) in [7, 11) is 0. The quantitative estimate of drug-likeness (QED) is 0.378. The third kappa shape index (κ3) is 2.92. The summed E-state index contributed by atoms with van der Waals surface area (Å²) in [6.45, 7) is 0. The third-order valence-corrected chi connectivity index (χ3v) is 1.74. The number of anilines is 6. The van der Waals surface area contributed by atoms with Gasteiger partial charge in [0, 0.05) is 0 Å². The first-order valence-corrected chi connectivity index (χ1v) is 3.23. The van der Waals surface area contributed by atoms with Gasteiger partial charge in [0.1, 0.15) is 0 Å². The summed E-state index contributed by atoms with van der Waals surface area (Å²) in [4.78, 5) is 0. The van der Waals surface area contributed by atoms with Gasteiger partial charge in [-0.2, -0.15) is 0 Å². The number of rotatable bonds is 0. The molecule has 0 aromatic heterocycles. The molecule has 1 aromatic carbocycles. The van der Waals surface area contributed by atoms with Crippen molar-refractivity contribution in [1.29, 1.82) is 0 Å². The molecule has 0 saturated carbocycles. The van der Waals surface area contributed by atoms with Crippen LogP contribution in [0.2, 0.25) is 0 Å². The molecule has 0 fully saturated rings. The monoisotopic (exact) mass is 276 g/mol. The predicted octanol–water partition coefficient (Wildman–Crippen LogP) is 0.445. The van der Waals surface area contributed by atoms with Crippen molar-refractivity contribution in [2.75, 3.05) is 34.4 Å². The summed E-state index contributed by atoms with van der Waals surface area (Å²) in [5, 5.41) is 0. The molecule has 12 N–H and O–H groups in total. The Morgan fingerprint density at radius 1 is 0.333 bits per heavy atom. The Hall–Kier alpha value is -1.11. The van der Waals surface area contributed by atoms with Crippen LogP contribution in [0.4, 0.5) is 34.1 Å². The maximum atomic E-state index is 5.49. The zero-order valence-corrected chi connectivity index (χ0v) is 10.1. The van der Waals surface area contributed by atoms with Gasteiger partial charge in [-0.3, -0.25) is 0 Å². The highest BCUT2D eigenvalue weighted by atomic mass is 35.5. The molecule has 0 bridgehead atoms. The first kappa shape index (κ1) is 19.5. The minimum Gasteiger partial charge on any atom is -0.395 e. The summed E-state index contributed by atoms with van der Waals surface area (Å²) in [5.41, 5.74) is 34.0. The van der Waals surface area contributed by atoms with E-state index in [0.29, 0.717) is 0 Å². The Morgan fingerprint density at radius 2 is 0.400 bits per heavy atom. The van der Waals surface area contributed by atoms with Crippen molar-refractivity contribution < 1.29 is 0 Å². The lowest BCUT2D eigenvalue weighted by atomic mass is 10.1. The van der Waals surface area contributed by atoms with Gasteiger partial charge in [-0.25, -0.2) is 0 Å². The fourth-order valence-electron chi connectivity index (χ4n) is 0.871. The van der Waals surface area contributed by atoms with E-state index >= 15 is 0 Å². The third-order valence-electron chi connectivity index (χ3n) is 1.74. The topological polar surface area (TPSA) is 156 Å². The Labute approximate surface area is 106 Å². The van der Waals surface area contributed by atoms with Gasteiger partial charge in [-0.05, 0) is 0 Å². The highest BCUT2D eigenvalue weighted by molar-refractivity contribution is 6.02. The van der Waals surface area contributed by atoms with E-state index in [1.807, 2.05) is 0 Å². The molecule has 0 aliphatic heterocycles. The van der Waals surface area contributed by atoms with Crippen LogP contribution in [0.5, 0.6) is 0 Å². The van der Waals surface area contributed by atoms with Gasteiger partial charge in [0.25, 0.3) is 0 Å². The maximum Gasteiger partial charge on any atom is 0.0825 e. The fourth-order valence-corrected chi connectivity index (χ4v) is 0.871. The average Bonchev–Trinajstić information content (AvgIpc) is 2.08. The SMILES string of the molecule is Cl.Cl.Cl.Nc1c(N)c(N)c(N)c(N)c1N. The summed E-state index contributed by atoms with van der Waals surface area (Å²) in [5.74, 6) is 0. The highest BCUT2D eigenvalue weighted by Crippen LogP contribution is 2.39. The summed E-state index contributed by atoms with van der Waals surface area (Å²) in [6, 6.07) is 0. The number of nitrogen functional groups attached to an aromatic ring is 6. The molecule has 9 heteroatoms. The van der Waals surface area contributed by atoms with Crippen LogP contribution in [0, 0.1) is 0 Å². The van der Waals surface area contributed by atoms with Crippen LogP contribution in [0.25, 0.3) is 0 Å². The van der Waals surface area contributed by atoms with Crippen LogP contribution >= 0.6 is 37.2 Å².